The lowest BCUT2D eigenvalue weighted by Crippen LogP contribution is -2.38. The third-order valence-electron chi connectivity index (χ3n) is 3.69. The summed E-state index contributed by atoms with van der Waals surface area (Å²) in [5.41, 5.74) is 5.76. The third kappa shape index (κ3) is 3.35. The Morgan fingerprint density at radius 3 is 2.92 bits per heavy atom. The number of aromatic nitrogens is 3. The van der Waals surface area contributed by atoms with Gasteiger partial charge in [-0.15, -0.1) is 0 Å². The number of hydrogen-bond acceptors (Lipinski definition) is 11. The number of hydrogen-bond donors (Lipinski definition) is 3. The lowest BCUT2D eigenvalue weighted by atomic mass is 10.1. The molecular weight excluding hydrogens is 368 g/mol. The Hall–Kier alpha value is -2.28. The molecule has 0 spiro atoms. The average Bonchev–Trinajstić information content (AvgIpc) is 3.03. The molecule has 4 N–H and O–H groups in total. The molecule has 1 fully saturated rings. The minimum absolute atomic E-state index is 0.0574. The maximum atomic E-state index is 12.4. The molecule has 0 aromatic carbocycles. The molecule has 0 bridgehead atoms. The van der Waals surface area contributed by atoms with Crippen LogP contribution in [0.15, 0.2) is 11.0 Å². The van der Waals surface area contributed by atoms with E-state index in [1.54, 1.807) is 13.8 Å². The average molecular weight is 386 g/mol. The van der Waals surface area contributed by atoms with Gasteiger partial charge in [-0.25, -0.2) is 9.78 Å². The van der Waals surface area contributed by atoms with Crippen LogP contribution in [0.25, 0.3) is 10.3 Å². The Bertz CT molecular complexity index is 867. The first kappa shape index (κ1) is 18.5. The van der Waals surface area contributed by atoms with Crippen LogP contribution in [-0.4, -0.2) is 61.9 Å². The minimum Gasteiger partial charge on any atom is -0.432 e. The number of thiazole rings is 1. The van der Waals surface area contributed by atoms with Gasteiger partial charge in [0.25, 0.3) is 0 Å². The van der Waals surface area contributed by atoms with E-state index in [0.717, 1.165) is 15.9 Å². The van der Waals surface area contributed by atoms with Crippen LogP contribution in [-0.2, 0) is 14.2 Å². The summed E-state index contributed by atoms with van der Waals surface area (Å²) in [6.45, 7) is 2.73. The molecule has 11 nitrogen and oxygen atoms in total. The zero-order valence-corrected chi connectivity index (χ0v) is 14.8. The number of ether oxygens (including phenoxy) is 3. The van der Waals surface area contributed by atoms with Gasteiger partial charge in [-0.1, -0.05) is 11.3 Å². The fraction of sp³-hybridized carbons (Fsp3) is 0.571. The second-order valence-corrected chi connectivity index (χ2v) is 6.88. The second-order valence-electron chi connectivity index (χ2n) is 5.89. The van der Waals surface area contributed by atoms with Crippen molar-refractivity contribution in [3.63, 3.8) is 0 Å². The lowest BCUT2D eigenvalue weighted by molar-refractivity contribution is -0.0673. The van der Waals surface area contributed by atoms with Crippen molar-refractivity contribution in [2.45, 2.75) is 44.5 Å². The molecule has 4 atom stereocenters. The van der Waals surface area contributed by atoms with Gasteiger partial charge < -0.3 is 30.2 Å². The number of aliphatic hydroxyl groups excluding tert-OH is 2. The number of nitrogens with zero attached hydrogens (tertiary/aromatic N) is 3. The molecule has 1 saturated heterocycles. The summed E-state index contributed by atoms with van der Waals surface area (Å²) in [6, 6.07) is 0. The van der Waals surface area contributed by atoms with E-state index in [1.807, 2.05) is 0 Å². The molecular formula is C14H18N4O7S. The molecule has 0 unspecified atom stereocenters. The quantitative estimate of drug-likeness (QED) is 0.591. The molecule has 142 valence electrons. The van der Waals surface area contributed by atoms with E-state index < -0.39 is 48.3 Å². The number of fused-ring (bicyclic) bond motifs is 1. The predicted molar refractivity (Wildman–Crippen MR) is 89.6 cm³/mol. The zero-order chi connectivity index (χ0) is 19.0. The summed E-state index contributed by atoms with van der Waals surface area (Å²) < 4.78 is 17.2. The summed E-state index contributed by atoms with van der Waals surface area (Å²) in [5.74, 6) is -0.0574. The topological polar surface area (TPSA) is 159 Å². The van der Waals surface area contributed by atoms with E-state index in [0.29, 0.717) is 4.70 Å². The maximum absolute atomic E-state index is 12.4. The Kier molecular flexibility index (Phi) is 5.09. The summed E-state index contributed by atoms with van der Waals surface area (Å²) in [7, 11) is 0. The molecule has 0 amide bonds. The number of carbonyl (C=O) groups is 1. The van der Waals surface area contributed by atoms with Gasteiger partial charge in [-0.05, 0) is 13.8 Å². The number of rotatable bonds is 4. The van der Waals surface area contributed by atoms with Gasteiger partial charge in [0.15, 0.2) is 18.0 Å². The van der Waals surface area contributed by atoms with Crippen molar-refractivity contribution in [3.05, 3.63) is 15.9 Å². The molecule has 0 saturated carbocycles. The SMILES string of the molecule is CC(C)OC(=O)O[C@@H]1[C@H](O)[C@@H](CO)O[C@H]1n1c(=O)sc2cnc(N)nc21. The van der Waals surface area contributed by atoms with Gasteiger partial charge >= 0.3 is 11.0 Å². The number of aliphatic hydroxyl groups is 2. The van der Waals surface area contributed by atoms with Crippen LogP contribution in [0, 0.1) is 0 Å². The van der Waals surface area contributed by atoms with E-state index in [2.05, 4.69) is 9.97 Å². The van der Waals surface area contributed by atoms with Crippen molar-refractivity contribution in [2.24, 2.45) is 0 Å². The van der Waals surface area contributed by atoms with E-state index >= 15 is 0 Å². The maximum Gasteiger partial charge on any atom is 0.509 e. The van der Waals surface area contributed by atoms with Crippen molar-refractivity contribution in [1.29, 1.82) is 0 Å². The van der Waals surface area contributed by atoms with E-state index in [1.165, 1.54) is 6.20 Å². The highest BCUT2D eigenvalue weighted by molar-refractivity contribution is 7.16. The molecule has 1 aliphatic heterocycles. The fourth-order valence-electron chi connectivity index (χ4n) is 2.61. The predicted octanol–water partition coefficient (Wildman–Crippen LogP) is -0.384. The number of carbonyl (C=O) groups excluding carboxylic acids is 1. The van der Waals surface area contributed by atoms with Crippen molar-refractivity contribution in [2.75, 3.05) is 12.3 Å². The van der Waals surface area contributed by atoms with Gasteiger partial charge in [0.05, 0.1) is 23.6 Å². The standard InChI is InChI=1S/C14H18N4O7S/c1-5(2)23-14(22)25-9-8(20)6(4-19)24-11(9)18-10-7(26-13(18)21)3-16-12(15)17-10/h3,5-6,8-9,11,19-20H,4H2,1-2H3,(H2,15,16,17)/t6-,8-,9-,11-/m1/s1. The Labute approximate surface area is 150 Å². The van der Waals surface area contributed by atoms with Crippen LogP contribution < -0.4 is 10.6 Å². The molecule has 2 aromatic rings. The van der Waals surface area contributed by atoms with Gasteiger partial charge in [0, 0.05) is 0 Å². The molecule has 2 aromatic heterocycles. The highest BCUT2D eigenvalue weighted by Crippen LogP contribution is 2.33. The van der Waals surface area contributed by atoms with Gasteiger partial charge in [0.1, 0.15) is 12.2 Å². The molecule has 1 aliphatic rings. The zero-order valence-electron chi connectivity index (χ0n) is 13.9. The Balaban J connectivity index is 2.01. The Morgan fingerprint density at radius 2 is 2.27 bits per heavy atom. The highest BCUT2D eigenvalue weighted by Gasteiger charge is 2.48. The summed E-state index contributed by atoms with van der Waals surface area (Å²) >= 11 is 0.847. The molecule has 0 aliphatic carbocycles. The fourth-order valence-corrected chi connectivity index (χ4v) is 3.43. The number of nitrogens with two attached hydrogens (primary N) is 1. The first-order valence-electron chi connectivity index (χ1n) is 7.77. The van der Waals surface area contributed by atoms with Crippen molar-refractivity contribution in [3.8, 4) is 0 Å². The van der Waals surface area contributed by atoms with Gasteiger partial charge in [0.2, 0.25) is 5.95 Å². The smallest absolute Gasteiger partial charge is 0.432 e. The first-order chi connectivity index (χ1) is 12.3. The van der Waals surface area contributed by atoms with Crippen molar-refractivity contribution < 1.29 is 29.2 Å². The highest BCUT2D eigenvalue weighted by atomic mass is 32.1. The normalized spacial score (nSPS) is 25.7. The van der Waals surface area contributed by atoms with E-state index in [-0.39, 0.29) is 11.6 Å². The monoisotopic (exact) mass is 386 g/mol. The summed E-state index contributed by atoms with van der Waals surface area (Å²) in [5, 5.41) is 19.7. The van der Waals surface area contributed by atoms with Crippen LogP contribution in [0.1, 0.15) is 20.1 Å². The summed E-state index contributed by atoms with van der Waals surface area (Å²) in [4.78, 5) is 31.7. The minimum atomic E-state index is -1.37. The van der Waals surface area contributed by atoms with Crippen molar-refractivity contribution >= 4 is 33.8 Å². The summed E-state index contributed by atoms with van der Waals surface area (Å²) in [6.07, 6.45) is -5.01. The molecule has 0 radical (unpaired) electrons. The van der Waals surface area contributed by atoms with Gasteiger partial charge in [-0.3, -0.25) is 9.36 Å². The van der Waals surface area contributed by atoms with Gasteiger partial charge in [-0.2, -0.15) is 4.98 Å². The van der Waals surface area contributed by atoms with Crippen LogP contribution >= 0.6 is 11.3 Å². The number of nitrogen functional groups attached to an aromatic ring is 1. The van der Waals surface area contributed by atoms with Crippen molar-refractivity contribution in [1.82, 2.24) is 14.5 Å². The van der Waals surface area contributed by atoms with E-state index in [9.17, 15) is 19.8 Å². The first-order valence-corrected chi connectivity index (χ1v) is 8.58. The largest absolute Gasteiger partial charge is 0.509 e. The van der Waals surface area contributed by atoms with Crippen LogP contribution in [0.3, 0.4) is 0 Å². The molecule has 3 rings (SSSR count). The molecule has 3 heterocycles. The molecule has 26 heavy (non-hydrogen) atoms. The number of anilines is 1. The Morgan fingerprint density at radius 1 is 1.54 bits per heavy atom. The third-order valence-corrected chi connectivity index (χ3v) is 4.57. The van der Waals surface area contributed by atoms with Crippen LogP contribution in [0.2, 0.25) is 0 Å². The molecule has 12 heteroatoms. The lowest BCUT2D eigenvalue weighted by Gasteiger charge is -2.21. The van der Waals surface area contributed by atoms with Crippen LogP contribution in [0.4, 0.5) is 10.7 Å². The second kappa shape index (κ2) is 7.15. The van der Waals surface area contributed by atoms with E-state index in [4.69, 9.17) is 19.9 Å². The van der Waals surface area contributed by atoms with Crippen LogP contribution in [0.5, 0.6) is 0 Å².